The van der Waals surface area contributed by atoms with Gasteiger partial charge in [-0.3, -0.25) is 14.9 Å². The number of hydrogen-bond donors (Lipinski definition) is 3. The van der Waals surface area contributed by atoms with E-state index in [1.54, 1.807) is 30.3 Å². The van der Waals surface area contributed by atoms with Gasteiger partial charge < -0.3 is 14.5 Å². The Kier molecular flexibility index (Phi) is 7.29. The Bertz CT molecular complexity index is 911. The fourth-order valence-electron chi connectivity index (χ4n) is 2.00. The minimum absolute atomic E-state index is 0.0133. The van der Waals surface area contributed by atoms with E-state index in [0.717, 1.165) is 0 Å². The van der Waals surface area contributed by atoms with E-state index in [1.165, 1.54) is 25.3 Å². The lowest BCUT2D eigenvalue weighted by Gasteiger charge is -2.13. The zero-order valence-corrected chi connectivity index (χ0v) is 15.7. The summed E-state index contributed by atoms with van der Waals surface area (Å²) in [4.78, 5) is 35.1. The van der Waals surface area contributed by atoms with Gasteiger partial charge in [-0.15, -0.1) is 0 Å². The van der Waals surface area contributed by atoms with Gasteiger partial charge in [-0.2, -0.15) is 4.72 Å². The Morgan fingerprint density at radius 2 is 1.82 bits per heavy atom. The van der Waals surface area contributed by atoms with Crippen LogP contribution >= 0.6 is 0 Å². The summed E-state index contributed by atoms with van der Waals surface area (Å²) in [6, 6.07) is 8.73. The number of carbonyl (C=O) groups excluding carboxylic acids is 3. The maximum Gasteiger partial charge on any atom is 0.324 e. The van der Waals surface area contributed by atoms with Crippen LogP contribution in [-0.2, 0) is 30.9 Å². The molecule has 3 amide bonds. The second-order valence-corrected chi connectivity index (χ2v) is 7.29. The van der Waals surface area contributed by atoms with E-state index in [4.69, 9.17) is 9.15 Å². The quantitative estimate of drug-likeness (QED) is 0.539. The largest absolute Gasteiger partial charge is 0.467 e. The molecule has 0 fully saturated rings. The average Bonchev–Trinajstić information content (AvgIpc) is 3.18. The number of furan rings is 1. The summed E-state index contributed by atoms with van der Waals surface area (Å²) >= 11 is 0. The molecule has 0 aliphatic heterocycles. The molecule has 0 saturated carbocycles. The van der Waals surface area contributed by atoms with E-state index in [9.17, 15) is 22.8 Å². The molecule has 3 N–H and O–H groups in total. The molecule has 1 aromatic heterocycles. The van der Waals surface area contributed by atoms with Crippen LogP contribution in [0.1, 0.15) is 12.7 Å². The molecule has 0 spiro atoms. The lowest BCUT2D eigenvalue weighted by atomic mass is 10.4. The molecule has 28 heavy (non-hydrogen) atoms. The zero-order chi connectivity index (χ0) is 20.6. The molecule has 0 aliphatic carbocycles. The van der Waals surface area contributed by atoms with Gasteiger partial charge in [-0.25, -0.2) is 13.2 Å². The number of hydrogen-bond acceptors (Lipinski definition) is 7. The molecule has 11 heteroatoms. The predicted octanol–water partition coefficient (Wildman–Crippen LogP) is 0.516. The first-order valence-electron chi connectivity index (χ1n) is 8.12. The molecule has 0 radical (unpaired) electrons. The first kappa shape index (κ1) is 21.1. The number of amides is 3. The third-order valence-electron chi connectivity index (χ3n) is 3.34. The van der Waals surface area contributed by atoms with E-state index in [2.05, 4.69) is 10.0 Å². The lowest BCUT2D eigenvalue weighted by molar-refractivity contribution is -0.149. The average molecular weight is 409 g/mol. The highest BCUT2D eigenvalue weighted by Gasteiger charge is 2.23. The van der Waals surface area contributed by atoms with Crippen LogP contribution in [0, 0.1) is 0 Å². The van der Waals surface area contributed by atoms with Gasteiger partial charge in [0.15, 0.2) is 6.61 Å². The van der Waals surface area contributed by atoms with Crippen LogP contribution in [0.2, 0.25) is 0 Å². The van der Waals surface area contributed by atoms with Gasteiger partial charge >= 0.3 is 12.0 Å². The highest BCUT2D eigenvalue weighted by molar-refractivity contribution is 7.89. The van der Waals surface area contributed by atoms with Crippen LogP contribution in [0.3, 0.4) is 0 Å². The molecule has 0 unspecified atom stereocenters. The summed E-state index contributed by atoms with van der Waals surface area (Å²) in [5, 5.41) is 4.34. The maximum absolute atomic E-state index is 12.1. The Labute approximate surface area is 161 Å². The molecule has 150 valence electrons. The Hall–Kier alpha value is -3.18. The van der Waals surface area contributed by atoms with Gasteiger partial charge in [0.2, 0.25) is 10.0 Å². The number of sulfonamides is 1. The number of carbonyl (C=O) groups is 3. The van der Waals surface area contributed by atoms with Crippen LogP contribution in [0.25, 0.3) is 0 Å². The number of imide groups is 1. The molecule has 2 rings (SSSR count). The fraction of sp³-hybridized carbons (Fsp3) is 0.235. The molecule has 1 heterocycles. The highest BCUT2D eigenvalue weighted by atomic mass is 32.2. The number of ether oxygens (including phenoxy) is 1. The van der Waals surface area contributed by atoms with Crippen LogP contribution in [0.15, 0.2) is 58.0 Å². The SMILES string of the molecule is C[C@H](NS(=O)(=O)c1ccccc1)C(=O)OCC(=O)NC(=O)NCc1ccco1. The van der Waals surface area contributed by atoms with Crippen molar-refractivity contribution < 1.29 is 32.0 Å². The van der Waals surface area contributed by atoms with Crippen molar-refractivity contribution in [2.24, 2.45) is 0 Å². The number of nitrogens with one attached hydrogen (secondary N) is 3. The number of benzene rings is 1. The first-order valence-corrected chi connectivity index (χ1v) is 9.60. The molecule has 0 bridgehead atoms. The molecular formula is C17H19N3O7S. The first-order chi connectivity index (χ1) is 13.3. The standard InChI is InChI=1S/C17H19N3O7S/c1-12(20-28(24,25)14-7-3-2-4-8-14)16(22)27-11-15(21)19-17(23)18-10-13-6-5-9-26-13/h2-9,12,20H,10-11H2,1H3,(H2,18,19,21,23)/t12-/m0/s1. The van der Waals surface area contributed by atoms with Gasteiger partial charge in [0.05, 0.1) is 17.7 Å². The summed E-state index contributed by atoms with van der Waals surface area (Å²) in [5.74, 6) is -1.34. The smallest absolute Gasteiger partial charge is 0.324 e. The zero-order valence-electron chi connectivity index (χ0n) is 14.9. The second kappa shape index (κ2) is 9.67. The summed E-state index contributed by atoms with van der Waals surface area (Å²) in [5.41, 5.74) is 0. The van der Waals surface area contributed by atoms with Crippen molar-refractivity contribution in [3.63, 3.8) is 0 Å². The van der Waals surface area contributed by atoms with E-state index in [0.29, 0.717) is 5.76 Å². The van der Waals surface area contributed by atoms with E-state index < -0.39 is 40.6 Å². The second-order valence-electron chi connectivity index (χ2n) is 5.57. The minimum Gasteiger partial charge on any atom is -0.467 e. The lowest BCUT2D eigenvalue weighted by Crippen LogP contribution is -2.43. The van der Waals surface area contributed by atoms with Gasteiger partial charge in [0.1, 0.15) is 11.8 Å². The van der Waals surface area contributed by atoms with Crippen molar-refractivity contribution in [3.05, 3.63) is 54.5 Å². The molecule has 1 aromatic carbocycles. The molecule has 0 saturated heterocycles. The Morgan fingerprint density at radius 3 is 2.46 bits per heavy atom. The van der Waals surface area contributed by atoms with Crippen molar-refractivity contribution >= 4 is 27.9 Å². The van der Waals surface area contributed by atoms with Crippen molar-refractivity contribution in [1.82, 2.24) is 15.4 Å². The number of esters is 1. The van der Waals surface area contributed by atoms with E-state index in [1.807, 2.05) is 5.32 Å². The van der Waals surface area contributed by atoms with Crippen molar-refractivity contribution in [2.45, 2.75) is 24.4 Å². The van der Waals surface area contributed by atoms with Crippen LogP contribution < -0.4 is 15.4 Å². The van der Waals surface area contributed by atoms with Gasteiger partial charge in [-0.05, 0) is 31.2 Å². The summed E-state index contributed by atoms with van der Waals surface area (Å²) in [6.07, 6.45) is 1.44. The number of rotatable bonds is 8. The maximum atomic E-state index is 12.1. The summed E-state index contributed by atoms with van der Waals surface area (Å²) < 4.78 is 36.2. The molecule has 1 atom stereocenters. The number of urea groups is 1. The third kappa shape index (κ3) is 6.52. The monoisotopic (exact) mass is 409 g/mol. The van der Waals surface area contributed by atoms with Crippen molar-refractivity contribution in [3.8, 4) is 0 Å². The third-order valence-corrected chi connectivity index (χ3v) is 4.90. The van der Waals surface area contributed by atoms with E-state index >= 15 is 0 Å². The summed E-state index contributed by atoms with van der Waals surface area (Å²) in [6.45, 7) is 0.603. The highest BCUT2D eigenvalue weighted by Crippen LogP contribution is 2.08. The van der Waals surface area contributed by atoms with Gasteiger partial charge in [0, 0.05) is 0 Å². The van der Waals surface area contributed by atoms with Crippen LogP contribution in [0.5, 0.6) is 0 Å². The fourth-order valence-corrected chi connectivity index (χ4v) is 3.21. The van der Waals surface area contributed by atoms with Gasteiger partial charge in [-0.1, -0.05) is 18.2 Å². The predicted molar refractivity (Wildman–Crippen MR) is 96.3 cm³/mol. The van der Waals surface area contributed by atoms with Gasteiger partial charge in [0.25, 0.3) is 5.91 Å². The molecule has 2 aromatic rings. The van der Waals surface area contributed by atoms with Crippen LogP contribution in [-0.4, -0.2) is 39.0 Å². The topological polar surface area (TPSA) is 144 Å². The van der Waals surface area contributed by atoms with Crippen molar-refractivity contribution in [1.29, 1.82) is 0 Å². The molecule has 0 aliphatic rings. The Balaban J connectivity index is 1.74. The molecule has 10 nitrogen and oxygen atoms in total. The molecular weight excluding hydrogens is 390 g/mol. The summed E-state index contributed by atoms with van der Waals surface area (Å²) in [7, 11) is -3.92. The minimum atomic E-state index is -3.92. The van der Waals surface area contributed by atoms with E-state index in [-0.39, 0.29) is 11.4 Å². The van der Waals surface area contributed by atoms with Crippen molar-refractivity contribution in [2.75, 3.05) is 6.61 Å². The Morgan fingerprint density at radius 1 is 1.11 bits per heavy atom. The van der Waals surface area contributed by atoms with Crippen LogP contribution in [0.4, 0.5) is 4.79 Å². The normalized spacial score (nSPS) is 12.0.